The number of fused-ring (bicyclic) bond motifs is 1. The molecule has 4 nitrogen and oxygen atoms in total. The summed E-state index contributed by atoms with van der Waals surface area (Å²) in [6.07, 6.45) is 10.00. The van der Waals surface area contributed by atoms with Gasteiger partial charge in [0.15, 0.2) is 0 Å². The van der Waals surface area contributed by atoms with Crippen molar-refractivity contribution in [1.29, 1.82) is 0 Å². The van der Waals surface area contributed by atoms with Gasteiger partial charge >= 0.3 is 0 Å². The highest BCUT2D eigenvalue weighted by atomic mass is 16.2. The van der Waals surface area contributed by atoms with Crippen molar-refractivity contribution in [1.82, 2.24) is 15.1 Å². The molecule has 0 bridgehead atoms. The van der Waals surface area contributed by atoms with Gasteiger partial charge < -0.3 is 15.1 Å². The van der Waals surface area contributed by atoms with Crippen LogP contribution in [0.15, 0.2) is 0 Å². The maximum Gasteiger partial charge on any atom is 0.240 e. The molecule has 0 radical (unpaired) electrons. The summed E-state index contributed by atoms with van der Waals surface area (Å²) in [6, 6.07) is 1.13. The van der Waals surface area contributed by atoms with Crippen LogP contribution in [0.4, 0.5) is 0 Å². The normalized spacial score (nSPS) is 36.8. The van der Waals surface area contributed by atoms with Gasteiger partial charge in [0.1, 0.15) is 0 Å². The first kappa shape index (κ1) is 15.3. The van der Waals surface area contributed by atoms with E-state index in [4.69, 9.17) is 0 Å². The molecular formula is C17H31N3O. The van der Waals surface area contributed by atoms with Crippen molar-refractivity contribution in [2.24, 2.45) is 5.92 Å². The highest BCUT2D eigenvalue weighted by molar-refractivity contribution is 5.82. The van der Waals surface area contributed by atoms with Gasteiger partial charge in [-0.05, 0) is 58.5 Å². The molecule has 1 N–H and O–H groups in total. The molecule has 0 aromatic carbocycles. The molecule has 0 aromatic heterocycles. The van der Waals surface area contributed by atoms with Crippen molar-refractivity contribution in [3.05, 3.63) is 0 Å². The molecular weight excluding hydrogens is 262 g/mol. The number of rotatable bonds is 3. The number of nitrogens with zero attached hydrogens (tertiary/aromatic N) is 2. The lowest BCUT2D eigenvalue weighted by Crippen LogP contribution is -2.57. The Morgan fingerprint density at radius 3 is 2.71 bits per heavy atom. The minimum atomic E-state index is 0.0899. The van der Waals surface area contributed by atoms with Crippen LogP contribution in [0.5, 0.6) is 0 Å². The fraction of sp³-hybridized carbons (Fsp3) is 0.941. The van der Waals surface area contributed by atoms with E-state index in [0.717, 1.165) is 25.4 Å². The number of hydrogen-bond donors (Lipinski definition) is 1. The highest BCUT2D eigenvalue weighted by Gasteiger charge is 2.38. The Bertz CT molecular complexity index is 371. The van der Waals surface area contributed by atoms with Crippen molar-refractivity contribution in [3.8, 4) is 0 Å². The monoisotopic (exact) mass is 293 g/mol. The summed E-state index contributed by atoms with van der Waals surface area (Å²) in [7, 11) is 4.21. The SMILES string of the molecule is CN(C)CC1CCCN1C(=O)C1CCC2CCCCC2N1. The molecule has 3 fully saturated rings. The van der Waals surface area contributed by atoms with Crippen molar-refractivity contribution in [2.45, 2.75) is 69.5 Å². The Balaban J connectivity index is 1.59. The molecule has 1 amide bonds. The zero-order valence-electron chi connectivity index (χ0n) is 13.7. The third-order valence-corrected chi connectivity index (χ3v) is 5.68. The van der Waals surface area contributed by atoms with Crippen LogP contribution in [-0.2, 0) is 4.79 Å². The molecule has 3 rings (SSSR count). The van der Waals surface area contributed by atoms with E-state index in [1.165, 1.54) is 44.9 Å². The molecule has 4 heteroatoms. The molecule has 0 aromatic rings. The van der Waals surface area contributed by atoms with Crippen LogP contribution in [0.3, 0.4) is 0 Å². The minimum absolute atomic E-state index is 0.0899. The van der Waals surface area contributed by atoms with Crippen molar-refractivity contribution in [3.63, 3.8) is 0 Å². The van der Waals surface area contributed by atoms with Gasteiger partial charge in [-0.1, -0.05) is 12.8 Å². The van der Waals surface area contributed by atoms with Crippen molar-refractivity contribution < 1.29 is 4.79 Å². The summed E-state index contributed by atoms with van der Waals surface area (Å²) in [5, 5.41) is 3.70. The van der Waals surface area contributed by atoms with Gasteiger partial charge in [0.2, 0.25) is 5.91 Å². The molecule has 1 saturated carbocycles. The molecule has 3 aliphatic rings. The van der Waals surface area contributed by atoms with E-state index in [0.29, 0.717) is 18.0 Å². The van der Waals surface area contributed by atoms with E-state index in [9.17, 15) is 4.79 Å². The second-order valence-corrected chi connectivity index (χ2v) is 7.54. The molecule has 2 saturated heterocycles. The Hall–Kier alpha value is -0.610. The van der Waals surface area contributed by atoms with E-state index in [-0.39, 0.29) is 6.04 Å². The summed E-state index contributed by atoms with van der Waals surface area (Å²) >= 11 is 0. The summed E-state index contributed by atoms with van der Waals surface area (Å²) in [5.41, 5.74) is 0. The number of carbonyl (C=O) groups is 1. The van der Waals surface area contributed by atoms with Gasteiger partial charge in [-0.2, -0.15) is 0 Å². The number of carbonyl (C=O) groups excluding carboxylic acids is 1. The Labute approximate surface area is 129 Å². The number of likely N-dealkylation sites (N-methyl/N-ethyl adjacent to an activating group) is 1. The zero-order chi connectivity index (χ0) is 14.8. The third-order valence-electron chi connectivity index (χ3n) is 5.68. The van der Waals surface area contributed by atoms with E-state index in [1.807, 2.05) is 0 Å². The van der Waals surface area contributed by atoms with E-state index < -0.39 is 0 Å². The first-order valence-electron chi connectivity index (χ1n) is 8.86. The molecule has 0 spiro atoms. The lowest BCUT2D eigenvalue weighted by atomic mass is 9.77. The molecule has 21 heavy (non-hydrogen) atoms. The summed E-state index contributed by atoms with van der Waals surface area (Å²) < 4.78 is 0. The molecule has 2 aliphatic heterocycles. The fourth-order valence-corrected chi connectivity index (χ4v) is 4.63. The van der Waals surface area contributed by atoms with Crippen LogP contribution < -0.4 is 5.32 Å². The highest BCUT2D eigenvalue weighted by Crippen LogP contribution is 2.33. The number of nitrogens with one attached hydrogen (secondary N) is 1. The maximum atomic E-state index is 12.9. The Morgan fingerprint density at radius 1 is 1.10 bits per heavy atom. The van der Waals surface area contributed by atoms with Gasteiger partial charge in [-0.15, -0.1) is 0 Å². The van der Waals surface area contributed by atoms with Crippen LogP contribution >= 0.6 is 0 Å². The van der Waals surface area contributed by atoms with Gasteiger partial charge in [0.05, 0.1) is 6.04 Å². The first-order valence-corrected chi connectivity index (χ1v) is 8.86. The standard InChI is InChI=1S/C17H31N3O/c1-19(2)12-14-7-5-11-20(14)17(21)16-10-9-13-6-3-4-8-15(13)18-16/h13-16,18H,3-12H2,1-2H3. The van der Waals surface area contributed by atoms with E-state index in [1.54, 1.807) is 0 Å². The van der Waals surface area contributed by atoms with Crippen molar-refractivity contribution >= 4 is 5.91 Å². The van der Waals surface area contributed by atoms with Gasteiger partial charge in [0, 0.05) is 25.2 Å². The van der Waals surface area contributed by atoms with Crippen LogP contribution in [-0.4, -0.2) is 61.0 Å². The second-order valence-electron chi connectivity index (χ2n) is 7.54. The quantitative estimate of drug-likeness (QED) is 0.862. The second kappa shape index (κ2) is 6.66. The maximum absolute atomic E-state index is 12.9. The number of hydrogen-bond acceptors (Lipinski definition) is 3. The van der Waals surface area contributed by atoms with Crippen LogP contribution in [0.25, 0.3) is 0 Å². The topological polar surface area (TPSA) is 35.6 Å². The van der Waals surface area contributed by atoms with Crippen LogP contribution in [0, 0.1) is 5.92 Å². The summed E-state index contributed by atoms with van der Waals surface area (Å²) in [6.45, 7) is 1.97. The van der Waals surface area contributed by atoms with E-state index in [2.05, 4.69) is 29.2 Å². The largest absolute Gasteiger partial charge is 0.337 e. The molecule has 120 valence electrons. The fourth-order valence-electron chi connectivity index (χ4n) is 4.63. The summed E-state index contributed by atoms with van der Waals surface area (Å²) in [5.74, 6) is 1.21. The summed E-state index contributed by atoms with van der Waals surface area (Å²) in [4.78, 5) is 17.3. The van der Waals surface area contributed by atoms with E-state index >= 15 is 0 Å². The number of likely N-dealkylation sites (tertiary alicyclic amines) is 1. The minimum Gasteiger partial charge on any atom is -0.337 e. The van der Waals surface area contributed by atoms with Gasteiger partial charge in [-0.3, -0.25) is 4.79 Å². The van der Waals surface area contributed by atoms with Gasteiger partial charge in [0.25, 0.3) is 0 Å². The molecule has 4 unspecified atom stereocenters. The van der Waals surface area contributed by atoms with Crippen LogP contribution in [0.1, 0.15) is 51.4 Å². The average Bonchev–Trinajstić information content (AvgIpc) is 2.93. The third kappa shape index (κ3) is 3.42. The van der Waals surface area contributed by atoms with Gasteiger partial charge in [-0.25, -0.2) is 0 Å². The zero-order valence-corrected chi connectivity index (χ0v) is 13.7. The van der Waals surface area contributed by atoms with Crippen molar-refractivity contribution in [2.75, 3.05) is 27.2 Å². The predicted molar refractivity (Wildman–Crippen MR) is 85.2 cm³/mol. The lowest BCUT2D eigenvalue weighted by Gasteiger charge is -2.41. The smallest absolute Gasteiger partial charge is 0.240 e. The Kier molecular flexibility index (Phi) is 4.85. The Morgan fingerprint density at radius 2 is 1.90 bits per heavy atom. The molecule has 4 atom stereocenters. The number of piperidine rings is 1. The van der Waals surface area contributed by atoms with Crippen LogP contribution in [0.2, 0.25) is 0 Å². The number of amides is 1. The molecule has 1 aliphatic carbocycles. The average molecular weight is 293 g/mol. The lowest BCUT2D eigenvalue weighted by molar-refractivity contribution is -0.136. The predicted octanol–water partition coefficient (Wildman–Crippen LogP) is 1.85. The molecule has 2 heterocycles. The first-order chi connectivity index (χ1) is 10.1.